The van der Waals surface area contributed by atoms with Crippen LogP contribution in [0.25, 0.3) is 0 Å². The molecule has 0 N–H and O–H groups in total. The third-order valence-corrected chi connectivity index (χ3v) is 7.53. The molecule has 1 rings (SSSR count). The van der Waals surface area contributed by atoms with Gasteiger partial charge in [-0.25, -0.2) is 0 Å². The summed E-state index contributed by atoms with van der Waals surface area (Å²) >= 11 is 0. The minimum atomic E-state index is -0.400. The maximum absolute atomic E-state index is 12.7. The molecule has 204 valence electrons. The van der Waals surface area contributed by atoms with E-state index in [1.807, 2.05) is 12.2 Å². The second-order valence-corrected chi connectivity index (χ2v) is 10.6. The fraction of sp³-hybridized carbons (Fsp3) is 0.871. The maximum Gasteiger partial charge on any atom is 0.310 e. The molecule has 0 fully saturated rings. The summed E-state index contributed by atoms with van der Waals surface area (Å²) in [7, 11) is 0. The van der Waals surface area contributed by atoms with Crippen LogP contribution in [0.3, 0.4) is 0 Å². The number of rotatable bonds is 22. The van der Waals surface area contributed by atoms with Crippen molar-refractivity contribution in [2.45, 2.75) is 143 Å². The van der Waals surface area contributed by atoms with Crippen LogP contribution in [-0.4, -0.2) is 25.2 Å². The highest BCUT2D eigenvalue weighted by atomic mass is 16.5. The van der Waals surface area contributed by atoms with Gasteiger partial charge in [-0.3, -0.25) is 9.59 Å². The van der Waals surface area contributed by atoms with E-state index in [1.165, 1.54) is 70.6 Å². The number of hydrogen-bond acceptors (Lipinski definition) is 4. The van der Waals surface area contributed by atoms with Crippen molar-refractivity contribution in [2.75, 3.05) is 13.2 Å². The first-order valence-corrected chi connectivity index (χ1v) is 15.1. The first-order chi connectivity index (χ1) is 17.1. The van der Waals surface area contributed by atoms with Gasteiger partial charge < -0.3 is 9.47 Å². The molecule has 3 atom stereocenters. The Kier molecular flexibility index (Phi) is 19.9. The summed E-state index contributed by atoms with van der Waals surface area (Å²) < 4.78 is 11.2. The van der Waals surface area contributed by atoms with Crippen LogP contribution in [-0.2, 0) is 19.1 Å². The van der Waals surface area contributed by atoms with Crippen molar-refractivity contribution in [3.63, 3.8) is 0 Å². The van der Waals surface area contributed by atoms with Gasteiger partial charge in [-0.15, -0.1) is 0 Å². The molecule has 4 nitrogen and oxygen atoms in total. The standard InChI is InChI=1S/C31H56O4/c1-4-7-9-10-11-12-13-14-15-16-17-18-21-25-34-30(32)28-23-19-20-24-29(28)31(33)35-26-27(6-3)22-8-5-2/h19-20,27-29H,4-18,21-26H2,1-3H3. The van der Waals surface area contributed by atoms with Gasteiger partial charge >= 0.3 is 11.9 Å². The third-order valence-electron chi connectivity index (χ3n) is 7.53. The summed E-state index contributed by atoms with van der Waals surface area (Å²) in [5.74, 6) is -0.840. The van der Waals surface area contributed by atoms with E-state index in [-0.39, 0.29) is 11.9 Å². The molecule has 0 aromatic rings. The normalized spacial score (nSPS) is 18.4. The Morgan fingerprint density at radius 2 is 1.11 bits per heavy atom. The molecule has 1 aliphatic rings. The summed E-state index contributed by atoms with van der Waals surface area (Å²) in [4.78, 5) is 25.4. The van der Waals surface area contributed by atoms with Gasteiger partial charge in [0.25, 0.3) is 0 Å². The van der Waals surface area contributed by atoms with Crippen molar-refractivity contribution < 1.29 is 19.1 Å². The van der Waals surface area contributed by atoms with Crippen molar-refractivity contribution in [1.29, 1.82) is 0 Å². The topological polar surface area (TPSA) is 52.6 Å². The van der Waals surface area contributed by atoms with Crippen molar-refractivity contribution in [3.05, 3.63) is 12.2 Å². The monoisotopic (exact) mass is 492 g/mol. The molecular weight excluding hydrogens is 436 g/mol. The zero-order valence-corrected chi connectivity index (χ0v) is 23.4. The number of carbonyl (C=O) groups excluding carboxylic acids is 2. The molecule has 0 bridgehead atoms. The molecule has 1 aliphatic carbocycles. The van der Waals surface area contributed by atoms with Crippen LogP contribution in [0.1, 0.15) is 143 Å². The van der Waals surface area contributed by atoms with Crippen LogP contribution in [0.5, 0.6) is 0 Å². The molecule has 4 heteroatoms. The predicted octanol–water partition coefficient (Wildman–Crippen LogP) is 8.96. The maximum atomic E-state index is 12.7. The van der Waals surface area contributed by atoms with E-state index in [0.717, 1.165) is 38.5 Å². The summed E-state index contributed by atoms with van der Waals surface area (Å²) in [6.45, 7) is 7.53. The van der Waals surface area contributed by atoms with E-state index in [2.05, 4.69) is 20.8 Å². The lowest BCUT2D eigenvalue weighted by Gasteiger charge is -2.26. The molecule has 0 saturated carbocycles. The lowest BCUT2D eigenvalue weighted by atomic mass is 9.83. The van der Waals surface area contributed by atoms with Crippen LogP contribution < -0.4 is 0 Å². The number of unbranched alkanes of at least 4 members (excludes halogenated alkanes) is 13. The van der Waals surface area contributed by atoms with E-state index in [9.17, 15) is 9.59 Å². The molecule has 3 unspecified atom stereocenters. The molecule has 0 aromatic carbocycles. The molecule has 35 heavy (non-hydrogen) atoms. The first kappa shape index (κ1) is 31.7. The molecule has 0 spiro atoms. The average Bonchev–Trinajstić information content (AvgIpc) is 2.88. The average molecular weight is 493 g/mol. The summed E-state index contributed by atoms with van der Waals surface area (Å²) in [5, 5.41) is 0. The van der Waals surface area contributed by atoms with Crippen LogP contribution in [0.2, 0.25) is 0 Å². The van der Waals surface area contributed by atoms with E-state index < -0.39 is 11.8 Å². The number of ether oxygens (including phenoxy) is 2. The Balaban J connectivity index is 2.14. The van der Waals surface area contributed by atoms with Gasteiger partial charge in [-0.05, 0) is 31.6 Å². The third kappa shape index (κ3) is 15.4. The summed E-state index contributed by atoms with van der Waals surface area (Å²) in [5.41, 5.74) is 0. The number of hydrogen-bond donors (Lipinski definition) is 0. The first-order valence-electron chi connectivity index (χ1n) is 15.1. The van der Waals surface area contributed by atoms with Crippen LogP contribution >= 0.6 is 0 Å². The quantitative estimate of drug-likeness (QED) is 0.0859. The van der Waals surface area contributed by atoms with E-state index in [4.69, 9.17) is 9.47 Å². The Morgan fingerprint density at radius 1 is 0.657 bits per heavy atom. The van der Waals surface area contributed by atoms with E-state index >= 15 is 0 Å². The fourth-order valence-electron chi connectivity index (χ4n) is 4.94. The van der Waals surface area contributed by atoms with Crippen molar-refractivity contribution >= 4 is 11.9 Å². The Morgan fingerprint density at radius 3 is 1.60 bits per heavy atom. The molecular formula is C31H56O4. The largest absolute Gasteiger partial charge is 0.465 e. The van der Waals surface area contributed by atoms with Crippen LogP contribution in [0.4, 0.5) is 0 Å². The second kappa shape index (κ2) is 21.9. The Bertz CT molecular complexity index is 556. The summed E-state index contributed by atoms with van der Waals surface area (Å²) in [6, 6.07) is 0. The fourth-order valence-corrected chi connectivity index (χ4v) is 4.94. The number of esters is 2. The molecule has 0 radical (unpaired) electrons. The molecule has 0 saturated heterocycles. The van der Waals surface area contributed by atoms with Gasteiger partial charge in [0, 0.05) is 0 Å². The number of allylic oxidation sites excluding steroid dienone is 2. The molecule has 0 heterocycles. The van der Waals surface area contributed by atoms with E-state index in [0.29, 0.717) is 32.0 Å². The predicted molar refractivity (Wildman–Crippen MR) is 146 cm³/mol. The SMILES string of the molecule is CCCCCCCCCCCCCCCOC(=O)C1CC=CCC1C(=O)OCC(CC)CCCC. The number of carbonyl (C=O) groups is 2. The van der Waals surface area contributed by atoms with Crippen LogP contribution in [0, 0.1) is 17.8 Å². The second-order valence-electron chi connectivity index (χ2n) is 10.6. The van der Waals surface area contributed by atoms with Gasteiger partial charge in [0.1, 0.15) is 0 Å². The Labute approximate surface area is 217 Å². The Hall–Kier alpha value is -1.32. The molecule has 0 amide bonds. The molecule has 0 aromatic heterocycles. The lowest BCUT2D eigenvalue weighted by molar-refractivity contribution is -0.162. The van der Waals surface area contributed by atoms with E-state index in [1.54, 1.807) is 0 Å². The van der Waals surface area contributed by atoms with Crippen LogP contribution in [0.15, 0.2) is 12.2 Å². The van der Waals surface area contributed by atoms with Gasteiger partial charge in [0.05, 0.1) is 25.0 Å². The van der Waals surface area contributed by atoms with Gasteiger partial charge in [-0.2, -0.15) is 0 Å². The van der Waals surface area contributed by atoms with Crippen molar-refractivity contribution in [1.82, 2.24) is 0 Å². The highest BCUT2D eigenvalue weighted by Crippen LogP contribution is 2.28. The zero-order valence-electron chi connectivity index (χ0n) is 23.4. The van der Waals surface area contributed by atoms with Gasteiger partial charge in [0.15, 0.2) is 0 Å². The van der Waals surface area contributed by atoms with Gasteiger partial charge in [0.2, 0.25) is 0 Å². The zero-order chi connectivity index (χ0) is 25.6. The van der Waals surface area contributed by atoms with Crippen molar-refractivity contribution in [2.24, 2.45) is 17.8 Å². The smallest absolute Gasteiger partial charge is 0.310 e. The lowest BCUT2D eigenvalue weighted by Crippen LogP contribution is -2.34. The highest BCUT2D eigenvalue weighted by Gasteiger charge is 2.36. The van der Waals surface area contributed by atoms with Crippen molar-refractivity contribution in [3.8, 4) is 0 Å². The van der Waals surface area contributed by atoms with Gasteiger partial charge in [-0.1, -0.05) is 129 Å². The minimum absolute atomic E-state index is 0.228. The summed E-state index contributed by atoms with van der Waals surface area (Å²) in [6.07, 6.45) is 26.5. The minimum Gasteiger partial charge on any atom is -0.465 e. The highest BCUT2D eigenvalue weighted by molar-refractivity contribution is 5.82. The molecule has 0 aliphatic heterocycles.